The van der Waals surface area contributed by atoms with Crippen LogP contribution in [0.4, 0.5) is 5.69 Å². The summed E-state index contributed by atoms with van der Waals surface area (Å²) in [7, 11) is -3.93. The predicted octanol–water partition coefficient (Wildman–Crippen LogP) is 5.79. The molecule has 0 heterocycles. The summed E-state index contributed by atoms with van der Waals surface area (Å²) in [5.41, 5.74) is 0.567. The van der Waals surface area contributed by atoms with Crippen LogP contribution in [0.2, 0.25) is 20.1 Å². The number of amides is 2. The lowest BCUT2D eigenvalue weighted by atomic mass is 10.1. The summed E-state index contributed by atoms with van der Waals surface area (Å²) in [5, 5.41) is 3.95. The first-order valence-electron chi connectivity index (χ1n) is 11.2. The van der Waals surface area contributed by atoms with Crippen molar-refractivity contribution >= 4 is 73.9 Å². The molecule has 0 aliphatic carbocycles. The van der Waals surface area contributed by atoms with Gasteiger partial charge in [-0.3, -0.25) is 13.9 Å². The highest BCUT2D eigenvalue weighted by atomic mass is 35.5. The van der Waals surface area contributed by atoms with Gasteiger partial charge in [-0.25, -0.2) is 8.42 Å². The number of benzene rings is 2. The molecule has 0 aliphatic heterocycles. The molecule has 2 amide bonds. The van der Waals surface area contributed by atoms with Crippen molar-refractivity contribution in [2.24, 2.45) is 0 Å². The zero-order valence-corrected chi connectivity index (χ0v) is 24.2. The van der Waals surface area contributed by atoms with Gasteiger partial charge in [-0.2, -0.15) is 0 Å². The van der Waals surface area contributed by atoms with E-state index in [-0.39, 0.29) is 40.6 Å². The average Bonchev–Trinajstić information content (AvgIpc) is 2.77. The van der Waals surface area contributed by atoms with Crippen LogP contribution in [0.5, 0.6) is 0 Å². The number of nitrogens with one attached hydrogen (secondary N) is 1. The first kappa shape index (κ1) is 30.5. The van der Waals surface area contributed by atoms with Crippen LogP contribution in [0, 0.1) is 0 Å². The normalized spacial score (nSPS) is 13.1. The van der Waals surface area contributed by atoms with Gasteiger partial charge < -0.3 is 10.2 Å². The second-order valence-electron chi connectivity index (χ2n) is 8.36. The van der Waals surface area contributed by atoms with E-state index in [0.29, 0.717) is 22.0 Å². The number of rotatable bonds is 11. The molecular formula is C24H29Cl4N3O4S. The van der Waals surface area contributed by atoms with Crippen molar-refractivity contribution in [3.8, 4) is 0 Å². The minimum atomic E-state index is -3.93. The molecule has 36 heavy (non-hydrogen) atoms. The van der Waals surface area contributed by atoms with Gasteiger partial charge in [0.25, 0.3) is 0 Å². The summed E-state index contributed by atoms with van der Waals surface area (Å²) >= 11 is 24.9. The molecule has 0 unspecified atom stereocenters. The molecule has 12 heteroatoms. The molecule has 0 spiro atoms. The van der Waals surface area contributed by atoms with E-state index in [2.05, 4.69) is 5.32 Å². The summed E-state index contributed by atoms with van der Waals surface area (Å²) in [5.74, 6) is -0.987. The molecule has 2 aromatic rings. The van der Waals surface area contributed by atoms with Gasteiger partial charge in [-0.1, -0.05) is 66.3 Å². The van der Waals surface area contributed by atoms with Crippen molar-refractivity contribution in [2.45, 2.75) is 52.2 Å². The van der Waals surface area contributed by atoms with E-state index in [9.17, 15) is 18.0 Å². The van der Waals surface area contributed by atoms with Crippen molar-refractivity contribution in [3.63, 3.8) is 0 Å². The maximum absolute atomic E-state index is 13.7. The quantitative estimate of drug-likeness (QED) is 0.356. The minimum absolute atomic E-state index is 0.0995. The fourth-order valence-electron chi connectivity index (χ4n) is 3.51. The van der Waals surface area contributed by atoms with Crippen LogP contribution >= 0.6 is 46.4 Å². The van der Waals surface area contributed by atoms with Gasteiger partial charge in [0.15, 0.2) is 0 Å². The maximum Gasteiger partial charge on any atom is 0.244 e. The summed E-state index contributed by atoms with van der Waals surface area (Å²) in [6, 6.07) is 8.14. The number of nitrogens with zero attached hydrogens (tertiary/aromatic N) is 2. The van der Waals surface area contributed by atoms with Gasteiger partial charge in [0.1, 0.15) is 12.6 Å². The summed E-state index contributed by atoms with van der Waals surface area (Å²) in [4.78, 5) is 28.2. The molecule has 2 aromatic carbocycles. The van der Waals surface area contributed by atoms with Crippen LogP contribution in [-0.2, 0) is 26.2 Å². The third kappa shape index (κ3) is 8.15. The van der Waals surface area contributed by atoms with Crippen LogP contribution in [0.3, 0.4) is 0 Å². The Labute approximate surface area is 232 Å². The van der Waals surface area contributed by atoms with Crippen LogP contribution in [0.15, 0.2) is 36.4 Å². The SMILES string of the molecule is CC[C@H](C)NC(=O)[C@H](CC)N(Cc1c(Cl)cccc1Cl)C(=O)CN(c1cc(Cl)cc(Cl)c1)S(C)(=O)=O. The molecule has 0 aliphatic rings. The molecule has 0 saturated carbocycles. The summed E-state index contributed by atoms with van der Waals surface area (Å²) in [6.07, 6.45) is 1.94. The van der Waals surface area contributed by atoms with Crippen LogP contribution < -0.4 is 9.62 Å². The molecule has 7 nitrogen and oxygen atoms in total. The fraction of sp³-hybridized carbons (Fsp3) is 0.417. The molecule has 2 atom stereocenters. The van der Waals surface area contributed by atoms with Gasteiger partial charge in [-0.05, 0) is 50.1 Å². The molecule has 0 aromatic heterocycles. The highest BCUT2D eigenvalue weighted by Gasteiger charge is 2.33. The maximum atomic E-state index is 13.7. The van der Waals surface area contributed by atoms with E-state index in [0.717, 1.165) is 10.6 Å². The van der Waals surface area contributed by atoms with Crippen LogP contribution in [0.1, 0.15) is 39.2 Å². The molecule has 198 valence electrons. The smallest absolute Gasteiger partial charge is 0.244 e. The van der Waals surface area contributed by atoms with Gasteiger partial charge in [0, 0.05) is 38.2 Å². The van der Waals surface area contributed by atoms with E-state index in [1.54, 1.807) is 25.1 Å². The van der Waals surface area contributed by atoms with Crippen molar-refractivity contribution in [1.29, 1.82) is 0 Å². The zero-order valence-electron chi connectivity index (χ0n) is 20.4. The molecule has 0 saturated heterocycles. The molecule has 2 rings (SSSR count). The Hall–Kier alpha value is -1.71. The monoisotopic (exact) mass is 595 g/mol. The van der Waals surface area contributed by atoms with Crippen molar-refractivity contribution in [3.05, 3.63) is 62.1 Å². The fourth-order valence-corrected chi connectivity index (χ4v) is 5.38. The number of sulfonamides is 1. The largest absolute Gasteiger partial charge is 0.352 e. The number of carbonyl (C=O) groups excluding carboxylic acids is 2. The Bertz CT molecular complexity index is 1170. The number of carbonyl (C=O) groups is 2. The number of hydrogen-bond donors (Lipinski definition) is 1. The first-order chi connectivity index (χ1) is 16.8. The van der Waals surface area contributed by atoms with Gasteiger partial charge in [0.2, 0.25) is 21.8 Å². The molecule has 0 bridgehead atoms. The lowest BCUT2D eigenvalue weighted by Crippen LogP contribution is -2.53. The average molecular weight is 597 g/mol. The van der Waals surface area contributed by atoms with E-state index < -0.39 is 28.5 Å². The lowest BCUT2D eigenvalue weighted by molar-refractivity contribution is -0.140. The highest BCUT2D eigenvalue weighted by Crippen LogP contribution is 2.29. The Kier molecular flexibility index (Phi) is 11.2. The Morgan fingerprint density at radius 1 is 0.972 bits per heavy atom. The first-order valence-corrected chi connectivity index (χ1v) is 14.6. The highest BCUT2D eigenvalue weighted by molar-refractivity contribution is 7.92. The third-order valence-corrected chi connectivity index (χ3v) is 7.88. The molecule has 0 radical (unpaired) electrons. The zero-order chi connectivity index (χ0) is 27.2. The second kappa shape index (κ2) is 13.2. The predicted molar refractivity (Wildman–Crippen MR) is 148 cm³/mol. The van der Waals surface area contributed by atoms with E-state index in [1.165, 1.54) is 23.1 Å². The van der Waals surface area contributed by atoms with Gasteiger partial charge >= 0.3 is 0 Å². The van der Waals surface area contributed by atoms with Crippen molar-refractivity contribution in [2.75, 3.05) is 17.1 Å². The number of hydrogen-bond acceptors (Lipinski definition) is 4. The second-order valence-corrected chi connectivity index (χ2v) is 12.0. The lowest BCUT2D eigenvalue weighted by Gasteiger charge is -2.33. The summed E-state index contributed by atoms with van der Waals surface area (Å²) in [6.45, 7) is 4.86. The minimum Gasteiger partial charge on any atom is -0.352 e. The van der Waals surface area contributed by atoms with Crippen LogP contribution in [-0.4, -0.2) is 50.0 Å². The van der Waals surface area contributed by atoms with Gasteiger partial charge in [0.05, 0.1) is 11.9 Å². The Morgan fingerprint density at radius 2 is 1.53 bits per heavy atom. The Morgan fingerprint density at radius 3 is 2.00 bits per heavy atom. The topological polar surface area (TPSA) is 86.8 Å². The number of anilines is 1. The van der Waals surface area contributed by atoms with Crippen molar-refractivity contribution < 1.29 is 18.0 Å². The summed E-state index contributed by atoms with van der Waals surface area (Å²) < 4.78 is 26.3. The van der Waals surface area contributed by atoms with E-state index in [4.69, 9.17) is 46.4 Å². The standard InChI is InChI=1S/C24H29Cl4N3O4S/c1-5-15(3)29-24(33)22(6-2)30(13-19-20(27)8-7-9-21(19)28)23(32)14-31(36(4,34)35)18-11-16(25)10-17(26)12-18/h7-12,15,22H,5-6,13-14H2,1-4H3,(H,29,33)/t15-,22-/m0/s1. The van der Waals surface area contributed by atoms with Crippen molar-refractivity contribution in [1.82, 2.24) is 10.2 Å². The number of halogens is 4. The van der Waals surface area contributed by atoms with E-state index in [1.807, 2.05) is 13.8 Å². The van der Waals surface area contributed by atoms with Crippen LogP contribution in [0.25, 0.3) is 0 Å². The Balaban J connectivity index is 2.53. The van der Waals surface area contributed by atoms with Gasteiger partial charge in [-0.15, -0.1) is 0 Å². The van der Waals surface area contributed by atoms with E-state index >= 15 is 0 Å². The molecule has 1 N–H and O–H groups in total. The molecule has 0 fully saturated rings. The third-order valence-electron chi connectivity index (χ3n) is 5.59. The molecular weight excluding hydrogens is 568 g/mol.